The van der Waals surface area contributed by atoms with Crippen LogP contribution in [0.5, 0.6) is 5.75 Å². The van der Waals surface area contributed by atoms with Crippen LogP contribution >= 0.6 is 0 Å². The van der Waals surface area contributed by atoms with E-state index in [-0.39, 0.29) is 11.3 Å². The molecular weight excluding hydrogens is 318 g/mol. The first-order chi connectivity index (χ1) is 12.1. The van der Waals surface area contributed by atoms with Crippen LogP contribution in [-0.2, 0) is 12.8 Å². The van der Waals surface area contributed by atoms with Gasteiger partial charge in [-0.2, -0.15) is 0 Å². The van der Waals surface area contributed by atoms with Crippen LogP contribution in [0.4, 0.5) is 0 Å². The molecular formula is C19H19N3O3. The van der Waals surface area contributed by atoms with Crippen molar-refractivity contribution in [2.24, 2.45) is 0 Å². The standard InChI is InChI=1S/C12H13N3.C7H6O3/c1-3-13-4-2-10-8-12-11(7-9(1)10)14-5-6-15-12;8-6-4-2-1-3-5(6)7(9)10/h5-8,13H,1-4H2;1-4,8H,(H,9,10). The lowest BCUT2D eigenvalue weighted by Gasteiger charge is -2.05. The summed E-state index contributed by atoms with van der Waals surface area (Å²) in [6.07, 6.45) is 5.71. The number of hydrogen-bond acceptors (Lipinski definition) is 5. The molecule has 0 aliphatic carbocycles. The smallest absolute Gasteiger partial charge is 0.339 e. The second kappa shape index (κ2) is 7.72. The summed E-state index contributed by atoms with van der Waals surface area (Å²) in [6.45, 7) is 2.14. The topological polar surface area (TPSA) is 95.3 Å². The van der Waals surface area contributed by atoms with E-state index >= 15 is 0 Å². The highest BCUT2D eigenvalue weighted by Gasteiger charge is 2.09. The zero-order chi connectivity index (χ0) is 17.6. The summed E-state index contributed by atoms with van der Waals surface area (Å²) in [5, 5.41) is 20.7. The Hall–Kier alpha value is -2.99. The van der Waals surface area contributed by atoms with E-state index in [1.54, 1.807) is 24.5 Å². The Labute approximate surface area is 145 Å². The molecule has 0 saturated heterocycles. The summed E-state index contributed by atoms with van der Waals surface area (Å²) in [5.74, 6) is -1.31. The number of carbonyl (C=O) groups is 1. The normalized spacial score (nSPS) is 13.3. The summed E-state index contributed by atoms with van der Waals surface area (Å²) in [5.41, 5.74) is 4.81. The molecule has 1 aliphatic heterocycles. The molecule has 0 saturated carbocycles. The second-order valence-electron chi connectivity index (χ2n) is 5.74. The average molecular weight is 337 g/mol. The molecule has 1 aliphatic rings. The van der Waals surface area contributed by atoms with Crippen molar-refractivity contribution in [1.29, 1.82) is 0 Å². The van der Waals surface area contributed by atoms with Gasteiger partial charge in [-0.3, -0.25) is 9.97 Å². The number of fused-ring (bicyclic) bond motifs is 2. The van der Waals surface area contributed by atoms with Crippen molar-refractivity contribution in [2.75, 3.05) is 13.1 Å². The molecule has 0 amide bonds. The van der Waals surface area contributed by atoms with E-state index in [1.807, 2.05) is 0 Å². The largest absolute Gasteiger partial charge is 0.507 e. The van der Waals surface area contributed by atoms with Crippen LogP contribution < -0.4 is 5.32 Å². The van der Waals surface area contributed by atoms with Gasteiger partial charge in [-0.1, -0.05) is 12.1 Å². The van der Waals surface area contributed by atoms with Gasteiger partial charge in [0.05, 0.1) is 11.0 Å². The number of aromatic carboxylic acids is 1. The van der Waals surface area contributed by atoms with Crippen molar-refractivity contribution in [3.05, 3.63) is 65.5 Å². The van der Waals surface area contributed by atoms with Crippen LogP contribution in [0.2, 0.25) is 0 Å². The number of carboxylic acid groups (broad SMARTS) is 1. The first-order valence-electron chi connectivity index (χ1n) is 8.09. The fourth-order valence-electron chi connectivity index (χ4n) is 2.79. The number of nitrogens with zero attached hydrogens (tertiary/aromatic N) is 2. The Bertz CT molecular complexity index is 851. The van der Waals surface area contributed by atoms with Crippen molar-refractivity contribution in [2.45, 2.75) is 12.8 Å². The van der Waals surface area contributed by atoms with Crippen molar-refractivity contribution < 1.29 is 15.0 Å². The Morgan fingerprint density at radius 2 is 1.52 bits per heavy atom. The molecule has 2 aromatic carbocycles. The molecule has 6 nitrogen and oxygen atoms in total. The molecule has 1 aromatic heterocycles. The predicted octanol–water partition coefficient (Wildman–Crippen LogP) is 2.41. The van der Waals surface area contributed by atoms with E-state index in [0.717, 1.165) is 37.0 Å². The number of rotatable bonds is 1. The van der Waals surface area contributed by atoms with Crippen LogP contribution in [0.25, 0.3) is 11.0 Å². The number of nitrogens with one attached hydrogen (secondary N) is 1. The minimum absolute atomic E-state index is 0.0671. The van der Waals surface area contributed by atoms with Crippen LogP contribution in [0, 0.1) is 0 Å². The third kappa shape index (κ3) is 4.10. The molecule has 2 heterocycles. The summed E-state index contributed by atoms with van der Waals surface area (Å²) < 4.78 is 0. The van der Waals surface area contributed by atoms with Crippen molar-refractivity contribution in [1.82, 2.24) is 15.3 Å². The first kappa shape index (κ1) is 16.9. The minimum atomic E-state index is -1.11. The molecule has 0 fully saturated rings. The molecule has 25 heavy (non-hydrogen) atoms. The van der Waals surface area contributed by atoms with Gasteiger partial charge in [0, 0.05) is 12.4 Å². The molecule has 0 bridgehead atoms. The molecule has 4 rings (SSSR count). The van der Waals surface area contributed by atoms with Gasteiger partial charge in [0.2, 0.25) is 0 Å². The Morgan fingerprint density at radius 3 is 2.00 bits per heavy atom. The van der Waals surface area contributed by atoms with E-state index in [1.165, 1.54) is 23.3 Å². The zero-order valence-electron chi connectivity index (χ0n) is 13.6. The summed E-state index contributed by atoms with van der Waals surface area (Å²) in [6, 6.07) is 10.2. The fraction of sp³-hybridized carbons (Fsp3) is 0.211. The van der Waals surface area contributed by atoms with E-state index in [2.05, 4.69) is 27.4 Å². The van der Waals surface area contributed by atoms with Crippen molar-refractivity contribution in [3.8, 4) is 5.75 Å². The van der Waals surface area contributed by atoms with Crippen LogP contribution in [-0.4, -0.2) is 39.2 Å². The molecule has 0 atom stereocenters. The Balaban J connectivity index is 0.000000160. The van der Waals surface area contributed by atoms with Gasteiger partial charge >= 0.3 is 5.97 Å². The molecule has 3 N–H and O–H groups in total. The highest BCUT2D eigenvalue weighted by atomic mass is 16.4. The number of benzene rings is 2. The second-order valence-corrected chi connectivity index (χ2v) is 5.74. The van der Waals surface area contributed by atoms with Gasteiger partial charge in [-0.15, -0.1) is 0 Å². The third-order valence-corrected chi connectivity index (χ3v) is 4.07. The third-order valence-electron chi connectivity index (χ3n) is 4.07. The van der Waals surface area contributed by atoms with Gasteiger partial charge in [0.15, 0.2) is 0 Å². The number of aromatic hydroxyl groups is 1. The summed E-state index contributed by atoms with van der Waals surface area (Å²) >= 11 is 0. The number of aromatic nitrogens is 2. The monoisotopic (exact) mass is 337 g/mol. The predicted molar refractivity (Wildman–Crippen MR) is 94.9 cm³/mol. The van der Waals surface area contributed by atoms with Gasteiger partial charge in [0.25, 0.3) is 0 Å². The lowest BCUT2D eigenvalue weighted by molar-refractivity contribution is 0.0693. The lowest BCUT2D eigenvalue weighted by atomic mass is 10.0. The van der Waals surface area contributed by atoms with Crippen molar-refractivity contribution >= 4 is 17.0 Å². The van der Waals surface area contributed by atoms with Crippen LogP contribution in [0.15, 0.2) is 48.8 Å². The molecule has 0 spiro atoms. The fourth-order valence-corrected chi connectivity index (χ4v) is 2.79. The summed E-state index contributed by atoms with van der Waals surface area (Å²) in [4.78, 5) is 18.9. The number of hydrogen-bond donors (Lipinski definition) is 3. The maximum atomic E-state index is 10.3. The first-order valence-corrected chi connectivity index (χ1v) is 8.09. The SMILES string of the molecule is O=C(O)c1ccccc1O.c1cnc2cc3c(cc2n1)CCNCC3. The molecule has 3 aromatic rings. The molecule has 0 unspecified atom stereocenters. The number of para-hydroxylation sites is 1. The maximum absolute atomic E-state index is 10.3. The van der Waals surface area contributed by atoms with E-state index in [4.69, 9.17) is 10.2 Å². The molecule has 0 radical (unpaired) electrons. The van der Waals surface area contributed by atoms with Crippen LogP contribution in [0.3, 0.4) is 0 Å². The quantitative estimate of drug-likeness (QED) is 0.631. The zero-order valence-corrected chi connectivity index (χ0v) is 13.6. The lowest BCUT2D eigenvalue weighted by Crippen LogP contribution is -2.16. The minimum Gasteiger partial charge on any atom is -0.507 e. The van der Waals surface area contributed by atoms with Crippen molar-refractivity contribution in [3.63, 3.8) is 0 Å². The molecule has 6 heteroatoms. The van der Waals surface area contributed by atoms with Crippen LogP contribution in [0.1, 0.15) is 21.5 Å². The van der Waals surface area contributed by atoms with Gasteiger partial charge in [0.1, 0.15) is 11.3 Å². The Kier molecular flexibility index (Phi) is 5.20. The highest BCUT2D eigenvalue weighted by molar-refractivity contribution is 5.90. The summed E-state index contributed by atoms with van der Waals surface area (Å²) in [7, 11) is 0. The van der Waals surface area contributed by atoms with Gasteiger partial charge in [-0.25, -0.2) is 4.79 Å². The van der Waals surface area contributed by atoms with E-state index in [0.29, 0.717) is 0 Å². The van der Waals surface area contributed by atoms with Gasteiger partial charge < -0.3 is 15.5 Å². The highest BCUT2D eigenvalue weighted by Crippen LogP contribution is 2.19. The number of phenols is 1. The number of carboxylic acids is 1. The van der Waals surface area contributed by atoms with E-state index in [9.17, 15) is 4.79 Å². The Morgan fingerprint density at radius 1 is 0.960 bits per heavy atom. The van der Waals surface area contributed by atoms with Gasteiger partial charge in [-0.05, 0) is 61.3 Å². The maximum Gasteiger partial charge on any atom is 0.339 e. The molecule has 128 valence electrons. The van der Waals surface area contributed by atoms with E-state index < -0.39 is 5.97 Å². The average Bonchev–Trinajstić information content (AvgIpc) is 2.85.